The third kappa shape index (κ3) is 3.61. The van der Waals surface area contributed by atoms with Crippen LogP contribution in [0.25, 0.3) is 22.6 Å². The molecule has 7 nitrogen and oxygen atoms in total. The number of oxazole rings is 1. The second-order valence-corrected chi connectivity index (χ2v) is 6.73. The molecule has 3 aromatic rings. The van der Waals surface area contributed by atoms with E-state index >= 15 is 0 Å². The zero-order chi connectivity index (χ0) is 19.5. The van der Waals surface area contributed by atoms with Crippen LogP contribution < -0.4 is 5.32 Å². The Morgan fingerprint density at radius 3 is 2.75 bits per heavy atom. The largest absolute Gasteiger partial charge is 0.436 e. The number of anilines is 1. The van der Waals surface area contributed by atoms with E-state index in [1.54, 1.807) is 17.0 Å². The zero-order valence-corrected chi connectivity index (χ0v) is 15.6. The molecule has 2 amide bonds. The highest BCUT2D eigenvalue weighted by molar-refractivity contribution is 5.97. The summed E-state index contributed by atoms with van der Waals surface area (Å²) in [6, 6.07) is 14.4. The summed E-state index contributed by atoms with van der Waals surface area (Å²) in [4.78, 5) is 30.8. The SMILES string of the molecule is COCC(=O)N1CCC[C@H]1C(=O)Nc1ccc(-c2nc3ccccc3o2)cc1. The maximum atomic E-state index is 12.6. The lowest BCUT2D eigenvalue weighted by molar-refractivity contribution is -0.139. The van der Waals surface area contributed by atoms with Crippen LogP contribution in [0.15, 0.2) is 52.9 Å². The van der Waals surface area contributed by atoms with Crippen molar-refractivity contribution in [1.82, 2.24) is 9.88 Å². The zero-order valence-electron chi connectivity index (χ0n) is 15.6. The summed E-state index contributed by atoms with van der Waals surface area (Å²) in [7, 11) is 1.47. The summed E-state index contributed by atoms with van der Waals surface area (Å²) in [5, 5.41) is 2.89. The lowest BCUT2D eigenvalue weighted by Gasteiger charge is -2.23. The Balaban J connectivity index is 1.45. The van der Waals surface area contributed by atoms with Gasteiger partial charge in [0.05, 0.1) is 0 Å². The molecule has 0 bridgehead atoms. The first kappa shape index (κ1) is 18.2. The fourth-order valence-electron chi connectivity index (χ4n) is 3.46. The number of benzene rings is 2. The van der Waals surface area contributed by atoms with E-state index in [0.29, 0.717) is 24.5 Å². The summed E-state index contributed by atoms with van der Waals surface area (Å²) < 4.78 is 10.7. The number of nitrogens with zero attached hydrogens (tertiary/aromatic N) is 2. The second-order valence-electron chi connectivity index (χ2n) is 6.73. The van der Waals surface area contributed by atoms with Crippen LogP contribution in [0.3, 0.4) is 0 Å². The van der Waals surface area contributed by atoms with Gasteiger partial charge in [0.15, 0.2) is 5.58 Å². The highest BCUT2D eigenvalue weighted by atomic mass is 16.5. The molecule has 1 aliphatic rings. The minimum absolute atomic E-state index is 0.0109. The van der Waals surface area contributed by atoms with Gasteiger partial charge in [0, 0.05) is 24.9 Å². The van der Waals surface area contributed by atoms with Gasteiger partial charge in [-0.05, 0) is 49.2 Å². The summed E-state index contributed by atoms with van der Waals surface area (Å²) >= 11 is 0. The molecule has 0 unspecified atom stereocenters. The molecule has 0 radical (unpaired) electrons. The number of aromatic nitrogens is 1. The molecule has 28 heavy (non-hydrogen) atoms. The molecule has 7 heteroatoms. The van der Waals surface area contributed by atoms with E-state index in [1.807, 2.05) is 36.4 Å². The molecule has 1 fully saturated rings. The van der Waals surface area contributed by atoms with E-state index in [1.165, 1.54) is 7.11 Å². The third-order valence-corrected chi connectivity index (χ3v) is 4.84. The number of likely N-dealkylation sites (tertiary alicyclic amines) is 1. The van der Waals surface area contributed by atoms with Crippen LogP contribution in [0.1, 0.15) is 12.8 Å². The number of fused-ring (bicyclic) bond motifs is 1. The molecule has 2 aromatic carbocycles. The van der Waals surface area contributed by atoms with Gasteiger partial charge in [-0.2, -0.15) is 0 Å². The molecule has 1 saturated heterocycles. The quantitative estimate of drug-likeness (QED) is 0.736. The van der Waals surface area contributed by atoms with Crippen LogP contribution in [0.2, 0.25) is 0 Å². The van der Waals surface area contributed by atoms with Crippen LogP contribution in [0.5, 0.6) is 0 Å². The maximum Gasteiger partial charge on any atom is 0.249 e. The van der Waals surface area contributed by atoms with Crippen LogP contribution in [0.4, 0.5) is 5.69 Å². The van der Waals surface area contributed by atoms with Gasteiger partial charge in [-0.3, -0.25) is 9.59 Å². The number of amides is 2. The Morgan fingerprint density at radius 1 is 1.21 bits per heavy atom. The smallest absolute Gasteiger partial charge is 0.249 e. The molecular weight excluding hydrogens is 358 g/mol. The molecule has 0 saturated carbocycles. The first-order valence-electron chi connectivity index (χ1n) is 9.21. The van der Waals surface area contributed by atoms with Gasteiger partial charge in [0.2, 0.25) is 17.7 Å². The molecule has 1 atom stereocenters. The van der Waals surface area contributed by atoms with Crippen molar-refractivity contribution in [3.05, 3.63) is 48.5 Å². The van der Waals surface area contributed by atoms with Crippen LogP contribution in [0, 0.1) is 0 Å². The average Bonchev–Trinajstić information content (AvgIpc) is 3.36. The van der Waals surface area contributed by atoms with Crippen molar-refractivity contribution in [3.8, 4) is 11.5 Å². The first-order valence-corrected chi connectivity index (χ1v) is 9.21. The number of methoxy groups -OCH3 is 1. The van der Waals surface area contributed by atoms with Gasteiger partial charge in [0.1, 0.15) is 18.2 Å². The number of hydrogen-bond donors (Lipinski definition) is 1. The summed E-state index contributed by atoms with van der Waals surface area (Å²) in [6.45, 7) is 0.569. The van der Waals surface area contributed by atoms with Crippen molar-refractivity contribution in [2.75, 3.05) is 25.6 Å². The summed E-state index contributed by atoms with van der Waals surface area (Å²) in [5.74, 6) is 0.189. The lowest BCUT2D eigenvalue weighted by atomic mass is 10.1. The molecule has 1 aliphatic heterocycles. The Kier molecular flexibility index (Phi) is 5.08. The minimum atomic E-state index is -0.459. The predicted molar refractivity (Wildman–Crippen MR) is 105 cm³/mol. The van der Waals surface area contributed by atoms with Crippen LogP contribution in [-0.2, 0) is 14.3 Å². The van der Waals surface area contributed by atoms with Crippen LogP contribution in [-0.4, -0.2) is 48.0 Å². The van der Waals surface area contributed by atoms with E-state index in [-0.39, 0.29) is 18.4 Å². The highest BCUT2D eigenvalue weighted by Gasteiger charge is 2.33. The van der Waals surface area contributed by atoms with E-state index in [4.69, 9.17) is 9.15 Å². The number of rotatable bonds is 5. The van der Waals surface area contributed by atoms with Crippen molar-refractivity contribution >= 4 is 28.6 Å². The molecule has 0 aliphatic carbocycles. The number of hydrogen-bond acceptors (Lipinski definition) is 5. The van der Waals surface area contributed by atoms with Crippen molar-refractivity contribution in [2.45, 2.75) is 18.9 Å². The molecule has 4 rings (SSSR count). The van der Waals surface area contributed by atoms with E-state index < -0.39 is 6.04 Å². The predicted octanol–water partition coefficient (Wildman–Crippen LogP) is 3.07. The average molecular weight is 379 g/mol. The Labute approximate surface area is 162 Å². The van der Waals surface area contributed by atoms with Crippen molar-refractivity contribution in [3.63, 3.8) is 0 Å². The lowest BCUT2D eigenvalue weighted by Crippen LogP contribution is -2.44. The third-order valence-electron chi connectivity index (χ3n) is 4.84. The monoisotopic (exact) mass is 379 g/mol. The fraction of sp³-hybridized carbons (Fsp3) is 0.286. The standard InChI is InChI=1S/C21H21N3O4/c1-27-13-19(25)24-12-4-6-17(24)20(26)22-15-10-8-14(9-11-15)21-23-16-5-2-3-7-18(16)28-21/h2-3,5,7-11,17H,4,6,12-13H2,1H3,(H,22,26)/t17-/m0/s1. The maximum absolute atomic E-state index is 12.6. The Hall–Kier alpha value is -3.19. The number of nitrogens with one attached hydrogen (secondary N) is 1. The topological polar surface area (TPSA) is 84.7 Å². The van der Waals surface area contributed by atoms with Crippen molar-refractivity contribution in [1.29, 1.82) is 0 Å². The van der Waals surface area contributed by atoms with E-state index in [0.717, 1.165) is 23.1 Å². The fourth-order valence-corrected chi connectivity index (χ4v) is 3.46. The van der Waals surface area contributed by atoms with Gasteiger partial charge in [0.25, 0.3) is 0 Å². The van der Waals surface area contributed by atoms with E-state index in [2.05, 4.69) is 10.3 Å². The second kappa shape index (κ2) is 7.82. The Morgan fingerprint density at radius 2 is 2.00 bits per heavy atom. The first-order chi connectivity index (χ1) is 13.7. The number of carbonyl (C=O) groups excluding carboxylic acids is 2. The number of para-hydroxylation sites is 2. The van der Waals surface area contributed by atoms with Gasteiger partial charge in [-0.15, -0.1) is 0 Å². The van der Waals surface area contributed by atoms with Crippen LogP contribution >= 0.6 is 0 Å². The Bertz CT molecular complexity index is 963. The minimum Gasteiger partial charge on any atom is -0.436 e. The normalized spacial score (nSPS) is 16.5. The van der Waals surface area contributed by atoms with Gasteiger partial charge in [-0.25, -0.2) is 4.98 Å². The highest BCUT2D eigenvalue weighted by Crippen LogP contribution is 2.26. The molecule has 1 aromatic heterocycles. The molecule has 0 spiro atoms. The number of carbonyl (C=O) groups is 2. The van der Waals surface area contributed by atoms with Crippen molar-refractivity contribution in [2.24, 2.45) is 0 Å². The number of ether oxygens (including phenoxy) is 1. The molecule has 144 valence electrons. The van der Waals surface area contributed by atoms with Gasteiger partial charge < -0.3 is 19.4 Å². The summed E-state index contributed by atoms with van der Waals surface area (Å²) in [6.07, 6.45) is 1.46. The van der Waals surface area contributed by atoms with E-state index in [9.17, 15) is 9.59 Å². The molecular formula is C21H21N3O4. The summed E-state index contributed by atoms with van der Waals surface area (Å²) in [5.41, 5.74) is 3.02. The van der Waals surface area contributed by atoms with Gasteiger partial charge >= 0.3 is 0 Å². The molecule has 2 heterocycles. The van der Waals surface area contributed by atoms with Gasteiger partial charge in [-0.1, -0.05) is 12.1 Å². The molecule has 1 N–H and O–H groups in total. The van der Waals surface area contributed by atoms with Crippen molar-refractivity contribution < 1.29 is 18.7 Å².